The maximum absolute atomic E-state index is 12.6. The summed E-state index contributed by atoms with van der Waals surface area (Å²) in [5, 5.41) is 0. The van der Waals surface area contributed by atoms with Crippen LogP contribution in [-0.4, -0.2) is 38.5 Å². The Kier molecular flexibility index (Phi) is 4.90. The lowest BCUT2D eigenvalue weighted by molar-refractivity contribution is 0.0995. The van der Waals surface area contributed by atoms with E-state index in [1.807, 2.05) is 24.3 Å². The van der Waals surface area contributed by atoms with Crippen molar-refractivity contribution in [2.24, 2.45) is 11.8 Å². The van der Waals surface area contributed by atoms with Crippen LogP contribution in [0.4, 0.5) is 11.4 Å². The van der Waals surface area contributed by atoms with Gasteiger partial charge in [-0.15, -0.1) is 0 Å². The van der Waals surface area contributed by atoms with E-state index in [-0.39, 0.29) is 6.04 Å². The molecule has 26 heavy (non-hydrogen) atoms. The first-order chi connectivity index (χ1) is 12.5. The first kappa shape index (κ1) is 18.1. The SMILES string of the molecule is CC(C)C1CCC(N2CCC(N3c4ccccc4NS3(=O)=O)CC2)CC1. The van der Waals surface area contributed by atoms with Crippen LogP contribution in [0, 0.1) is 11.8 Å². The fourth-order valence-corrected chi connectivity index (χ4v) is 6.65. The standard InChI is InChI=1S/C20H31N3O2S/c1-15(2)16-7-9-17(10-8-16)22-13-11-18(12-14-22)23-20-6-4-3-5-19(20)21-26(23,24)25/h3-6,15-18,21H,7-14H2,1-2H3. The van der Waals surface area contributed by atoms with E-state index >= 15 is 0 Å². The van der Waals surface area contributed by atoms with Gasteiger partial charge >= 0.3 is 10.2 Å². The largest absolute Gasteiger partial charge is 0.324 e. The van der Waals surface area contributed by atoms with Crippen LogP contribution in [0.3, 0.4) is 0 Å². The summed E-state index contributed by atoms with van der Waals surface area (Å²) < 4.78 is 29.5. The quantitative estimate of drug-likeness (QED) is 0.871. The molecule has 0 radical (unpaired) electrons. The summed E-state index contributed by atoms with van der Waals surface area (Å²) in [7, 11) is -3.44. The second-order valence-corrected chi connectivity index (χ2v) is 10.0. The van der Waals surface area contributed by atoms with Crippen LogP contribution in [0.1, 0.15) is 52.4 Å². The Morgan fingerprint density at radius 2 is 1.62 bits per heavy atom. The number of para-hydroxylation sites is 2. The van der Waals surface area contributed by atoms with Crippen LogP contribution in [-0.2, 0) is 10.2 Å². The smallest absolute Gasteiger partial charge is 0.300 e. The molecule has 1 aromatic carbocycles. The van der Waals surface area contributed by atoms with Crippen molar-refractivity contribution in [2.45, 2.75) is 64.5 Å². The van der Waals surface area contributed by atoms with Gasteiger partial charge in [0, 0.05) is 25.2 Å². The summed E-state index contributed by atoms with van der Waals surface area (Å²) in [6, 6.07) is 8.31. The molecule has 0 spiro atoms. The summed E-state index contributed by atoms with van der Waals surface area (Å²) in [5.74, 6) is 1.69. The maximum atomic E-state index is 12.6. The molecule has 144 valence electrons. The Bertz CT molecular complexity index is 733. The fraction of sp³-hybridized carbons (Fsp3) is 0.700. The molecule has 1 aromatic rings. The number of anilines is 2. The van der Waals surface area contributed by atoms with E-state index < -0.39 is 10.2 Å². The molecule has 0 unspecified atom stereocenters. The van der Waals surface area contributed by atoms with Crippen molar-refractivity contribution in [3.63, 3.8) is 0 Å². The number of likely N-dealkylation sites (tertiary alicyclic amines) is 1. The normalized spacial score (nSPS) is 29.6. The van der Waals surface area contributed by atoms with Crippen molar-refractivity contribution < 1.29 is 8.42 Å². The highest BCUT2D eigenvalue weighted by Gasteiger charge is 2.40. The fourth-order valence-electron chi connectivity index (χ4n) is 5.08. The van der Waals surface area contributed by atoms with E-state index in [1.165, 1.54) is 25.7 Å². The molecule has 0 bridgehead atoms. The Labute approximate surface area is 157 Å². The van der Waals surface area contributed by atoms with Crippen LogP contribution in [0.25, 0.3) is 0 Å². The molecule has 5 nitrogen and oxygen atoms in total. The summed E-state index contributed by atoms with van der Waals surface area (Å²) in [4.78, 5) is 2.62. The van der Waals surface area contributed by atoms with Gasteiger partial charge in [0.25, 0.3) is 0 Å². The van der Waals surface area contributed by atoms with Gasteiger partial charge in [-0.25, -0.2) is 4.31 Å². The van der Waals surface area contributed by atoms with Gasteiger partial charge in [-0.05, 0) is 62.5 Å². The first-order valence-electron chi connectivity index (χ1n) is 10.1. The first-order valence-corrected chi connectivity index (χ1v) is 11.5. The van der Waals surface area contributed by atoms with Crippen molar-refractivity contribution in [3.05, 3.63) is 24.3 Å². The monoisotopic (exact) mass is 377 g/mol. The number of fused-ring (bicyclic) bond motifs is 1. The van der Waals surface area contributed by atoms with Gasteiger partial charge in [0.2, 0.25) is 0 Å². The lowest BCUT2D eigenvalue weighted by Crippen LogP contribution is -2.50. The molecule has 2 heterocycles. The summed E-state index contributed by atoms with van der Waals surface area (Å²) >= 11 is 0. The average Bonchev–Trinajstić information content (AvgIpc) is 2.91. The van der Waals surface area contributed by atoms with Crippen LogP contribution in [0.5, 0.6) is 0 Å². The van der Waals surface area contributed by atoms with E-state index in [9.17, 15) is 8.42 Å². The van der Waals surface area contributed by atoms with Crippen molar-refractivity contribution in [1.82, 2.24) is 4.90 Å². The van der Waals surface area contributed by atoms with Gasteiger partial charge < -0.3 is 4.90 Å². The molecule has 2 aliphatic heterocycles. The zero-order chi connectivity index (χ0) is 18.3. The van der Waals surface area contributed by atoms with Gasteiger partial charge in [-0.2, -0.15) is 8.42 Å². The Hall–Kier alpha value is -1.27. The molecule has 1 aliphatic carbocycles. The van der Waals surface area contributed by atoms with Gasteiger partial charge in [0.05, 0.1) is 11.4 Å². The lowest BCUT2D eigenvalue weighted by atomic mass is 9.79. The second-order valence-electron chi connectivity index (χ2n) is 8.50. The molecule has 3 aliphatic rings. The van der Waals surface area contributed by atoms with Gasteiger partial charge in [0.1, 0.15) is 0 Å². The van der Waals surface area contributed by atoms with E-state index in [1.54, 1.807) is 4.31 Å². The highest BCUT2D eigenvalue weighted by molar-refractivity contribution is 7.94. The van der Waals surface area contributed by atoms with Crippen molar-refractivity contribution >= 4 is 21.6 Å². The maximum Gasteiger partial charge on any atom is 0.324 e. The zero-order valence-electron chi connectivity index (χ0n) is 15.9. The predicted octanol–water partition coefficient (Wildman–Crippen LogP) is 3.84. The number of hydrogen-bond acceptors (Lipinski definition) is 3. The number of hydrogen-bond donors (Lipinski definition) is 1. The molecule has 0 amide bonds. The molecule has 2 fully saturated rings. The van der Waals surface area contributed by atoms with Crippen molar-refractivity contribution in [3.8, 4) is 0 Å². The Morgan fingerprint density at radius 1 is 0.962 bits per heavy atom. The van der Waals surface area contributed by atoms with Crippen molar-refractivity contribution in [2.75, 3.05) is 22.1 Å². The highest BCUT2D eigenvalue weighted by Crippen LogP contribution is 2.40. The Balaban J connectivity index is 1.39. The third-order valence-corrected chi connectivity index (χ3v) is 8.16. The van der Waals surface area contributed by atoms with E-state index in [0.717, 1.165) is 43.5 Å². The number of piperidine rings is 1. The van der Waals surface area contributed by atoms with E-state index in [4.69, 9.17) is 0 Å². The molecular formula is C20H31N3O2S. The molecule has 0 atom stereocenters. The van der Waals surface area contributed by atoms with E-state index in [2.05, 4.69) is 23.5 Å². The molecule has 4 rings (SSSR count). The van der Waals surface area contributed by atoms with Gasteiger partial charge in [0.15, 0.2) is 0 Å². The van der Waals surface area contributed by atoms with Crippen LogP contribution >= 0.6 is 0 Å². The topological polar surface area (TPSA) is 52.6 Å². The van der Waals surface area contributed by atoms with Crippen LogP contribution < -0.4 is 9.03 Å². The molecular weight excluding hydrogens is 346 g/mol. The minimum absolute atomic E-state index is 0.0689. The van der Waals surface area contributed by atoms with Gasteiger partial charge in [-0.1, -0.05) is 26.0 Å². The molecule has 0 aromatic heterocycles. The molecule has 1 saturated heterocycles. The molecule has 1 saturated carbocycles. The predicted molar refractivity (Wildman–Crippen MR) is 107 cm³/mol. The summed E-state index contributed by atoms with van der Waals surface area (Å²) in [6.45, 7) is 6.71. The summed E-state index contributed by atoms with van der Waals surface area (Å²) in [5.41, 5.74) is 1.52. The third kappa shape index (κ3) is 3.33. The average molecular weight is 378 g/mol. The molecule has 6 heteroatoms. The number of nitrogens with one attached hydrogen (secondary N) is 1. The number of benzene rings is 1. The van der Waals surface area contributed by atoms with Gasteiger partial charge in [-0.3, -0.25) is 4.72 Å². The van der Waals surface area contributed by atoms with Crippen molar-refractivity contribution in [1.29, 1.82) is 0 Å². The minimum Gasteiger partial charge on any atom is -0.300 e. The minimum atomic E-state index is -3.44. The lowest BCUT2D eigenvalue weighted by Gasteiger charge is -2.43. The number of rotatable bonds is 3. The van der Waals surface area contributed by atoms with Crippen LogP contribution in [0.15, 0.2) is 24.3 Å². The zero-order valence-corrected chi connectivity index (χ0v) is 16.7. The third-order valence-electron chi connectivity index (χ3n) is 6.67. The Morgan fingerprint density at radius 3 is 2.27 bits per heavy atom. The highest BCUT2D eigenvalue weighted by atomic mass is 32.2. The number of nitrogens with zero attached hydrogens (tertiary/aromatic N) is 2. The molecule has 1 N–H and O–H groups in total. The van der Waals surface area contributed by atoms with Crippen LogP contribution in [0.2, 0.25) is 0 Å². The summed E-state index contributed by atoms with van der Waals surface area (Å²) in [6.07, 6.45) is 7.14. The van der Waals surface area contributed by atoms with E-state index in [0.29, 0.717) is 11.7 Å². The second kappa shape index (κ2) is 7.04.